The van der Waals surface area contributed by atoms with Gasteiger partial charge >= 0.3 is 0 Å². The second kappa shape index (κ2) is 4.37. The van der Waals surface area contributed by atoms with Crippen LogP contribution in [0.5, 0.6) is 0 Å². The summed E-state index contributed by atoms with van der Waals surface area (Å²) in [7, 11) is 0. The fraction of sp³-hybridized carbons (Fsp3) is 0.200. The molecule has 0 bridgehead atoms. The van der Waals surface area contributed by atoms with Crippen molar-refractivity contribution in [3.8, 4) is 0 Å². The van der Waals surface area contributed by atoms with Gasteiger partial charge in [0.15, 0.2) is 0 Å². The summed E-state index contributed by atoms with van der Waals surface area (Å²) in [5, 5.41) is 10.9. The molecule has 2 heterocycles. The average Bonchev–Trinajstić information content (AvgIpc) is 2.69. The predicted molar refractivity (Wildman–Crippen MR) is 78.6 cm³/mol. The highest BCUT2D eigenvalue weighted by molar-refractivity contribution is 6.13. The van der Waals surface area contributed by atoms with E-state index in [-0.39, 0.29) is 11.6 Å². The van der Waals surface area contributed by atoms with Gasteiger partial charge in [0, 0.05) is 18.3 Å². The van der Waals surface area contributed by atoms with Gasteiger partial charge in [0.1, 0.15) is 11.4 Å². The maximum Gasteiger partial charge on any atom is 0.273 e. The van der Waals surface area contributed by atoms with Crippen molar-refractivity contribution in [1.29, 1.82) is 0 Å². The minimum Gasteiger partial charge on any atom is -0.318 e. The lowest BCUT2D eigenvalue weighted by Crippen LogP contribution is -2.43. The van der Waals surface area contributed by atoms with Crippen LogP contribution in [-0.4, -0.2) is 27.1 Å². The molecule has 21 heavy (non-hydrogen) atoms. The van der Waals surface area contributed by atoms with E-state index < -0.39 is 10.5 Å². The van der Waals surface area contributed by atoms with Crippen LogP contribution in [0.15, 0.2) is 47.6 Å². The highest BCUT2D eigenvalue weighted by Crippen LogP contribution is 2.31. The van der Waals surface area contributed by atoms with E-state index in [1.165, 1.54) is 12.1 Å². The summed E-state index contributed by atoms with van der Waals surface area (Å²) in [6, 6.07) is 6.41. The van der Waals surface area contributed by atoms with E-state index in [1.54, 1.807) is 37.0 Å². The van der Waals surface area contributed by atoms with Crippen molar-refractivity contribution in [3.05, 3.63) is 58.3 Å². The minimum atomic E-state index is -0.730. The van der Waals surface area contributed by atoms with Crippen LogP contribution < -0.4 is 0 Å². The third-order valence-corrected chi connectivity index (χ3v) is 3.66. The van der Waals surface area contributed by atoms with Crippen LogP contribution in [-0.2, 0) is 4.79 Å². The lowest BCUT2D eigenvalue weighted by Gasteiger charge is -2.30. The van der Waals surface area contributed by atoms with Crippen LogP contribution in [0.2, 0.25) is 0 Å². The molecule has 6 heteroatoms. The van der Waals surface area contributed by atoms with Gasteiger partial charge in [-0.1, -0.05) is 12.1 Å². The Balaban J connectivity index is 2.02. The molecule has 6 nitrogen and oxygen atoms in total. The van der Waals surface area contributed by atoms with Crippen LogP contribution in [0, 0.1) is 10.1 Å². The molecule has 0 saturated carbocycles. The van der Waals surface area contributed by atoms with Crippen LogP contribution >= 0.6 is 0 Å². The van der Waals surface area contributed by atoms with Gasteiger partial charge in [0.25, 0.3) is 11.6 Å². The zero-order valence-corrected chi connectivity index (χ0v) is 11.6. The van der Waals surface area contributed by atoms with Gasteiger partial charge in [0.2, 0.25) is 0 Å². The summed E-state index contributed by atoms with van der Waals surface area (Å²) in [5.74, 6) is 0.401. The van der Waals surface area contributed by atoms with Gasteiger partial charge in [-0.2, -0.15) is 4.99 Å². The third kappa shape index (κ3) is 2.05. The number of hydrogen-bond acceptors (Lipinski definition) is 4. The Bertz CT molecular complexity index is 744. The van der Waals surface area contributed by atoms with Gasteiger partial charge in [0.05, 0.1) is 4.92 Å². The number of carbonyl (C=O) groups excluding carboxylic acids is 1. The highest BCUT2D eigenvalue weighted by Gasteiger charge is 2.41. The van der Waals surface area contributed by atoms with Crippen molar-refractivity contribution >= 4 is 23.0 Å². The summed E-state index contributed by atoms with van der Waals surface area (Å²) < 4.78 is 0. The normalized spacial score (nSPS) is 19.1. The molecule has 3 rings (SSSR count). The molecule has 0 aliphatic carbocycles. The quantitative estimate of drug-likeness (QED) is 0.617. The Morgan fingerprint density at radius 1 is 1.29 bits per heavy atom. The average molecular weight is 283 g/mol. The molecule has 1 amide bonds. The molecule has 0 saturated heterocycles. The van der Waals surface area contributed by atoms with Gasteiger partial charge < -0.3 is 4.90 Å². The maximum absolute atomic E-state index is 11.9. The zero-order valence-electron chi connectivity index (χ0n) is 11.6. The van der Waals surface area contributed by atoms with E-state index in [9.17, 15) is 14.9 Å². The fourth-order valence-electron chi connectivity index (χ4n) is 2.35. The summed E-state index contributed by atoms with van der Waals surface area (Å²) in [6.07, 6.45) is 5.37. The van der Waals surface area contributed by atoms with Gasteiger partial charge in [-0.15, -0.1) is 0 Å². The number of aliphatic imine (C=N–C) groups is 1. The molecule has 1 aromatic carbocycles. The molecule has 0 aromatic heterocycles. The molecular weight excluding hydrogens is 270 g/mol. The van der Waals surface area contributed by atoms with Crippen molar-refractivity contribution in [2.24, 2.45) is 4.99 Å². The van der Waals surface area contributed by atoms with Crippen molar-refractivity contribution in [2.75, 3.05) is 0 Å². The fourth-order valence-corrected chi connectivity index (χ4v) is 2.35. The Kier molecular flexibility index (Phi) is 2.76. The van der Waals surface area contributed by atoms with Crippen LogP contribution in [0.3, 0.4) is 0 Å². The molecule has 106 valence electrons. The zero-order chi connectivity index (χ0) is 15.2. The number of nitro benzene ring substituents is 1. The second-order valence-electron chi connectivity index (χ2n) is 5.43. The predicted octanol–water partition coefficient (Wildman–Crippen LogP) is 2.52. The number of rotatable bonds is 2. The molecule has 2 aliphatic heterocycles. The van der Waals surface area contributed by atoms with Gasteiger partial charge in [-0.05, 0) is 37.1 Å². The number of non-ortho nitro benzene ring substituents is 1. The lowest BCUT2D eigenvalue weighted by atomic mass is 9.99. The molecule has 0 fully saturated rings. The van der Waals surface area contributed by atoms with Gasteiger partial charge in [-0.25, -0.2) is 0 Å². The number of allylic oxidation sites excluding steroid dienone is 2. The summed E-state index contributed by atoms with van der Waals surface area (Å²) in [6.45, 7) is 3.60. The number of nitrogens with zero attached hydrogens (tertiary/aromatic N) is 3. The van der Waals surface area contributed by atoms with E-state index >= 15 is 0 Å². The first-order valence-corrected chi connectivity index (χ1v) is 6.47. The molecule has 2 aliphatic rings. The van der Waals surface area contributed by atoms with E-state index in [0.29, 0.717) is 5.84 Å². The largest absolute Gasteiger partial charge is 0.318 e. The van der Waals surface area contributed by atoms with Crippen LogP contribution in [0.25, 0.3) is 5.57 Å². The van der Waals surface area contributed by atoms with Gasteiger partial charge in [-0.3, -0.25) is 14.9 Å². The van der Waals surface area contributed by atoms with E-state index in [2.05, 4.69) is 4.99 Å². The van der Waals surface area contributed by atoms with E-state index in [4.69, 9.17) is 0 Å². The number of nitro groups is 1. The van der Waals surface area contributed by atoms with Crippen molar-refractivity contribution in [2.45, 2.75) is 19.4 Å². The Morgan fingerprint density at radius 2 is 2.05 bits per heavy atom. The van der Waals surface area contributed by atoms with E-state index in [0.717, 1.165) is 11.1 Å². The molecule has 0 atom stereocenters. The van der Waals surface area contributed by atoms with Crippen molar-refractivity contribution < 1.29 is 9.72 Å². The standard InChI is InChI=1S/C15H13N3O3/c1-15(2)14(19)16-13-7-6-11(9-17(13)15)10-4-3-5-12(8-10)18(20)21/h3-9H,1-2H3. The summed E-state index contributed by atoms with van der Waals surface area (Å²) >= 11 is 0. The van der Waals surface area contributed by atoms with Crippen LogP contribution in [0.4, 0.5) is 5.69 Å². The first-order chi connectivity index (χ1) is 9.89. The number of carbonyl (C=O) groups is 1. The maximum atomic E-state index is 11.9. The number of hydrogen-bond donors (Lipinski definition) is 0. The molecule has 0 radical (unpaired) electrons. The topological polar surface area (TPSA) is 75.8 Å². The molecule has 1 aromatic rings. The minimum absolute atomic E-state index is 0.0398. The molecule has 0 unspecified atom stereocenters. The monoisotopic (exact) mass is 283 g/mol. The number of fused-ring (bicyclic) bond motifs is 1. The highest BCUT2D eigenvalue weighted by atomic mass is 16.6. The summed E-state index contributed by atoms with van der Waals surface area (Å²) in [5.41, 5.74) is 0.847. The number of amidine groups is 1. The SMILES string of the molecule is CC1(C)C(=O)N=C2C=CC(c3cccc([N+](=O)[O-])c3)=CN21. The Hall–Kier alpha value is -2.76. The first-order valence-electron chi connectivity index (χ1n) is 6.47. The lowest BCUT2D eigenvalue weighted by molar-refractivity contribution is -0.384. The van der Waals surface area contributed by atoms with Crippen molar-refractivity contribution in [1.82, 2.24) is 4.90 Å². The van der Waals surface area contributed by atoms with E-state index in [1.807, 2.05) is 12.3 Å². The van der Waals surface area contributed by atoms with Crippen LogP contribution in [0.1, 0.15) is 19.4 Å². The Labute approximate surface area is 121 Å². The number of benzene rings is 1. The molecular formula is C15H13N3O3. The molecule has 0 N–H and O–H groups in total. The molecule has 0 spiro atoms. The number of amides is 1. The Morgan fingerprint density at radius 3 is 2.76 bits per heavy atom. The van der Waals surface area contributed by atoms with Crippen molar-refractivity contribution in [3.63, 3.8) is 0 Å². The first kappa shape index (κ1) is 13.2. The second-order valence-corrected chi connectivity index (χ2v) is 5.43. The smallest absolute Gasteiger partial charge is 0.273 e. The third-order valence-electron chi connectivity index (χ3n) is 3.66. The summed E-state index contributed by atoms with van der Waals surface area (Å²) in [4.78, 5) is 28.1.